The van der Waals surface area contributed by atoms with E-state index in [9.17, 15) is 9.90 Å². The molecule has 0 saturated carbocycles. The molecule has 3 rings (SSSR count). The fraction of sp³-hybridized carbons (Fsp3) is 0.632. The number of carbonyl (C=O) groups is 1. The molecule has 0 radical (unpaired) electrons. The van der Waals surface area contributed by atoms with Crippen molar-refractivity contribution in [1.29, 1.82) is 0 Å². The highest BCUT2D eigenvalue weighted by Gasteiger charge is 2.30. The molecular formula is C19H28N2O3. The van der Waals surface area contributed by atoms with Gasteiger partial charge in [-0.15, -0.1) is 0 Å². The van der Waals surface area contributed by atoms with Gasteiger partial charge in [-0.2, -0.15) is 0 Å². The van der Waals surface area contributed by atoms with Crippen LogP contribution < -0.4 is 4.74 Å². The molecule has 5 heteroatoms. The highest BCUT2D eigenvalue weighted by Crippen LogP contribution is 2.26. The van der Waals surface area contributed by atoms with Crippen LogP contribution in [0.4, 0.5) is 0 Å². The second kappa shape index (κ2) is 8.38. The van der Waals surface area contributed by atoms with E-state index in [0.29, 0.717) is 12.3 Å². The number of rotatable bonds is 5. The molecule has 0 aliphatic carbocycles. The Balaban J connectivity index is 1.71. The van der Waals surface area contributed by atoms with Gasteiger partial charge in [0.25, 0.3) is 5.91 Å². The lowest BCUT2D eigenvalue weighted by Gasteiger charge is -2.34. The molecule has 2 aliphatic heterocycles. The summed E-state index contributed by atoms with van der Waals surface area (Å²) in [6.45, 7) is 4.28. The summed E-state index contributed by atoms with van der Waals surface area (Å²) < 4.78 is 5.98. The number of likely N-dealkylation sites (tertiary alicyclic amines) is 2. The van der Waals surface area contributed by atoms with E-state index in [4.69, 9.17) is 4.74 Å². The molecule has 0 spiro atoms. The molecule has 0 aromatic heterocycles. The van der Waals surface area contributed by atoms with Gasteiger partial charge in [-0.05, 0) is 57.3 Å². The number of phenolic OH excluding ortho intramolecular Hbond substituents is 1. The minimum Gasteiger partial charge on any atom is -0.504 e. The van der Waals surface area contributed by atoms with E-state index in [1.165, 1.54) is 25.7 Å². The van der Waals surface area contributed by atoms with Crippen molar-refractivity contribution >= 4 is 5.91 Å². The first-order valence-electron chi connectivity index (χ1n) is 9.20. The minimum atomic E-state index is -0.547. The molecule has 2 saturated heterocycles. The van der Waals surface area contributed by atoms with Crippen LogP contribution in [0.3, 0.4) is 0 Å². The summed E-state index contributed by atoms with van der Waals surface area (Å²) >= 11 is 0. The lowest BCUT2D eigenvalue weighted by atomic mass is 10.1. The third-order valence-corrected chi connectivity index (χ3v) is 4.95. The molecule has 1 amide bonds. The van der Waals surface area contributed by atoms with Crippen LogP contribution in [-0.4, -0.2) is 59.6 Å². The molecule has 2 heterocycles. The Morgan fingerprint density at radius 1 is 1.00 bits per heavy atom. The van der Waals surface area contributed by atoms with E-state index in [0.717, 1.165) is 39.0 Å². The zero-order valence-corrected chi connectivity index (χ0v) is 14.3. The maximum absolute atomic E-state index is 13.0. The highest BCUT2D eigenvalue weighted by atomic mass is 16.5. The molecule has 132 valence electrons. The second-order valence-electron chi connectivity index (χ2n) is 6.82. The number of nitrogens with zero attached hydrogens (tertiary/aromatic N) is 2. The van der Waals surface area contributed by atoms with Crippen molar-refractivity contribution in [2.24, 2.45) is 0 Å². The number of phenols is 1. The largest absolute Gasteiger partial charge is 0.504 e. The molecule has 24 heavy (non-hydrogen) atoms. The number of para-hydroxylation sites is 2. The zero-order valence-electron chi connectivity index (χ0n) is 14.3. The first kappa shape index (κ1) is 17.1. The predicted octanol–water partition coefficient (Wildman–Crippen LogP) is 2.64. The molecule has 1 N–H and O–H groups in total. The fourth-order valence-electron chi connectivity index (χ4n) is 3.57. The van der Waals surface area contributed by atoms with Gasteiger partial charge < -0.3 is 14.7 Å². The Kier molecular flexibility index (Phi) is 5.96. The van der Waals surface area contributed by atoms with Gasteiger partial charge in [-0.1, -0.05) is 18.6 Å². The first-order chi connectivity index (χ1) is 11.7. The number of aromatic hydroxyl groups is 1. The van der Waals surface area contributed by atoms with Gasteiger partial charge in [0.2, 0.25) is 0 Å². The average molecular weight is 332 g/mol. The van der Waals surface area contributed by atoms with Crippen LogP contribution in [0.2, 0.25) is 0 Å². The van der Waals surface area contributed by atoms with Crippen LogP contribution in [0.25, 0.3) is 0 Å². The van der Waals surface area contributed by atoms with E-state index >= 15 is 0 Å². The SMILES string of the molecule is O=C(C(CN1CCCCC1)Oc1ccccc1O)N1CCCCC1. The standard InChI is InChI=1S/C19H28N2O3/c22-16-9-3-4-10-17(16)24-18(15-20-11-5-1-6-12-20)19(23)21-13-7-2-8-14-21/h3-4,9-10,18,22H,1-2,5-8,11-15H2. The van der Waals surface area contributed by atoms with E-state index in [2.05, 4.69) is 4.90 Å². The van der Waals surface area contributed by atoms with Crippen LogP contribution in [0, 0.1) is 0 Å². The third kappa shape index (κ3) is 4.41. The monoisotopic (exact) mass is 332 g/mol. The second-order valence-corrected chi connectivity index (χ2v) is 6.82. The van der Waals surface area contributed by atoms with Gasteiger partial charge in [-0.3, -0.25) is 9.69 Å². The Bertz CT molecular complexity index is 537. The molecule has 1 aromatic rings. The summed E-state index contributed by atoms with van der Waals surface area (Å²) in [7, 11) is 0. The molecule has 2 fully saturated rings. The summed E-state index contributed by atoms with van der Waals surface area (Å²) in [5.41, 5.74) is 0. The lowest BCUT2D eigenvalue weighted by Crippen LogP contribution is -2.50. The Hall–Kier alpha value is -1.75. The number of ether oxygens (including phenoxy) is 1. The maximum atomic E-state index is 13.0. The molecule has 1 aromatic carbocycles. The van der Waals surface area contributed by atoms with Crippen molar-refractivity contribution in [3.05, 3.63) is 24.3 Å². The molecular weight excluding hydrogens is 304 g/mol. The summed E-state index contributed by atoms with van der Waals surface area (Å²) in [4.78, 5) is 17.2. The highest BCUT2D eigenvalue weighted by molar-refractivity contribution is 5.81. The summed E-state index contributed by atoms with van der Waals surface area (Å²) in [5.74, 6) is 0.543. The Morgan fingerprint density at radius 3 is 2.29 bits per heavy atom. The smallest absolute Gasteiger partial charge is 0.265 e. The van der Waals surface area contributed by atoms with E-state index in [-0.39, 0.29) is 11.7 Å². The normalized spacial score (nSPS) is 20.6. The minimum absolute atomic E-state index is 0.0588. The van der Waals surface area contributed by atoms with Crippen LogP contribution in [-0.2, 0) is 4.79 Å². The van der Waals surface area contributed by atoms with Crippen molar-refractivity contribution in [2.75, 3.05) is 32.7 Å². The number of benzene rings is 1. The van der Waals surface area contributed by atoms with Gasteiger partial charge >= 0.3 is 0 Å². The maximum Gasteiger partial charge on any atom is 0.265 e. The van der Waals surface area contributed by atoms with Crippen molar-refractivity contribution in [3.63, 3.8) is 0 Å². The molecule has 1 atom stereocenters. The van der Waals surface area contributed by atoms with E-state index in [1.54, 1.807) is 18.2 Å². The summed E-state index contributed by atoms with van der Waals surface area (Å²) in [6.07, 6.45) is 6.41. The van der Waals surface area contributed by atoms with Crippen molar-refractivity contribution in [1.82, 2.24) is 9.80 Å². The number of carbonyl (C=O) groups excluding carboxylic acids is 1. The topological polar surface area (TPSA) is 53.0 Å². The van der Waals surface area contributed by atoms with Crippen LogP contribution in [0.15, 0.2) is 24.3 Å². The van der Waals surface area contributed by atoms with Gasteiger partial charge in [0.15, 0.2) is 17.6 Å². The predicted molar refractivity (Wildman–Crippen MR) is 93.2 cm³/mol. The third-order valence-electron chi connectivity index (χ3n) is 4.95. The van der Waals surface area contributed by atoms with Crippen LogP contribution in [0.5, 0.6) is 11.5 Å². The van der Waals surface area contributed by atoms with Crippen molar-refractivity contribution in [3.8, 4) is 11.5 Å². The number of hydrogen-bond acceptors (Lipinski definition) is 4. The van der Waals surface area contributed by atoms with Crippen LogP contribution >= 0.6 is 0 Å². The Morgan fingerprint density at radius 2 is 1.62 bits per heavy atom. The number of hydrogen-bond donors (Lipinski definition) is 1. The number of piperidine rings is 2. The zero-order chi connectivity index (χ0) is 16.8. The summed E-state index contributed by atoms with van der Waals surface area (Å²) in [6, 6.07) is 6.90. The molecule has 2 aliphatic rings. The van der Waals surface area contributed by atoms with Gasteiger partial charge in [-0.25, -0.2) is 0 Å². The van der Waals surface area contributed by atoms with Gasteiger partial charge in [0.1, 0.15) is 0 Å². The van der Waals surface area contributed by atoms with E-state index < -0.39 is 6.10 Å². The first-order valence-corrected chi connectivity index (χ1v) is 9.20. The summed E-state index contributed by atoms with van der Waals surface area (Å²) in [5, 5.41) is 9.99. The molecule has 0 bridgehead atoms. The lowest BCUT2D eigenvalue weighted by molar-refractivity contribution is -0.140. The number of amides is 1. The Labute approximate surface area is 144 Å². The average Bonchev–Trinajstić information content (AvgIpc) is 2.64. The fourth-order valence-corrected chi connectivity index (χ4v) is 3.57. The van der Waals surface area contributed by atoms with Crippen LogP contribution in [0.1, 0.15) is 38.5 Å². The molecule has 5 nitrogen and oxygen atoms in total. The van der Waals surface area contributed by atoms with Crippen molar-refractivity contribution < 1.29 is 14.6 Å². The molecule has 1 unspecified atom stereocenters. The quantitative estimate of drug-likeness (QED) is 0.901. The van der Waals surface area contributed by atoms with Crippen molar-refractivity contribution in [2.45, 2.75) is 44.6 Å². The van der Waals surface area contributed by atoms with Gasteiger partial charge in [0.05, 0.1) is 0 Å². The van der Waals surface area contributed by atoms with E-state index in [1.807, 2.05) is 11.0 Å². The van der Waals surface area contributed by atoms with Gasteiger partial charge in [0, 0.05) is 19.6 Å².